The van der Waals surface area contributed by atoms with Crippen LogP contribution in [0, 0.1) is 13.8 Å². The fraction of sp³-hybridized carbons (Fsp3) is 0.474. The van der Waals surface area contributed by atoms with Crippen molar-refractivity contribution < 1.29 is 9.84 Å². The summed E-state index contributed by atoms with van der Waals surface area (Å²) in [5.41, 5.74) is 3.54. The average Bonchev–Trinajstić information content (AvgIpc) is 3.02. The molecule has 132 valence electrons. The number of anilines is 1. The molecule has 6 heteroatoms. The lowest BCUT2D eigenvalue weighted by Gasteiger charge is -2.40. The lowest BCUT2D eigenvalue weighted by Crippen LogP contribution is -2.61. The van der Waals surface area contributed by atoms with Gasteiger partial charge in [0.2, 0.25) is 0 Å². The Morgan fingerprint density at radius 3 is 2.80 bits per heavy atom. The molecule has 4 rings (SSSR count). The van der Waals surface area contributed by atoms with E-state index in [0.717, 1.165) is 61.8 Å². The number of aromatic hydroxyl groups is 1. The van der Waals surface area contributed by atoms with Crippen LogP contribution < -0.4 is 10.2 Å². The number of hydrogen-bond donors (Lipinski definition) is 2. The molecule has 25 heavy (non-hydrogen) atoms. The van der Waals surface area contributed by atoms with Gasteiger partial charge in [0.05, 0.1) is 17.8 Å². The highest BCUT2D eigenvalue weighted by Crippen LogP contribution is 2.33. The maximum absolute atomic E-state index is 10.3. The van der Waals surface area contributed by atoms with Gasteiger partial charge in [-0.15, -0.1) is 10.2 Å². The van der Waals surface area contributed by atoms with Gasteiger partial charge in [0.25, 0.3) is 0 Å². The Morgan fingerprint density at radius 2 is 2.12 bits per heavy atom. The van der Waals surface area contributed by atoms with Crippen molar-refractivity contribution >= 4 is 5.82 Å². The summed E-state index contributed by atoms with van der Waals surface area (Å²) in [6.07, 6.45) is 1.03. The molecule has 2 aromatic rings. The standard InChI is InChI=1S/C19H24N4O2/c1-13-9-14(2)18(16(24)10-13)15-3-4-17(22-21-15)23-7-6-20-19(11-23)5-8-25-12-19/h3-4,9-10,20,24H,5-8,11-12H2,1-2H3. The van der Waals surface area contributed by atoms with Gasteiger partial charge >= 0.3 is 0 Å². The van der Waals surface area contributed by atoms with Gasteiger partial charge in [-0.05, 0) is 49.6 Å². The number of aromatic nitrogens is 2. The average molecular weight is 340 g/mol. The van der Waals surface area contributed by atoms with Gasteiger partial charge in [0, 0.05) is 31.8 Å². The largest absolute Gasteiger partial charge is 0.507 e. The molecule has 1 aromatic carbocycles. The van der Waals surface area contributed by atoms with Gasteiger partial charge in [-0.3, -0.25) is 0 Å². The zero-order valence-corrected chi connectivity index (χ0v) is 14.7. The molecule has 1 spiro atoms. The number of phenolic OH excluding ortho intramolecular Hbond substituents is 1. The number of piperazine rings is 1. The van der Waals surface area contributed by atoms with E-state index in [1.165, 1.54) is 0 Å². The first-order chi connectivity index (χ1) is 12.1. The Hall–Kier alpha value is -2.18. The van der Waals surface area contributed by atoms with Crippen LogP contribution in [0.4, 0.5) is 5.82 Å². The SMILES string of the molecule is Cc1cc(C)c(-c2ccc(N3CCNC4(CCOC4)C3)nn2)c(O)c1. The van der Waals surface area contributed by atoms with E-state index in [4.69, 9.17) is 4.74 Å². The molecule has 0 bridgehead atoms. The number of hydrogen-bond acceptors (Lipinski definition) is 6. The maximum atomic E-state index is 10.3. The number of phenols is 1. The molecule has 0 saturated carbocycles. The molecule has 0 aliphatic carbocycles. The Bertz CT molecular complexity index is 746. The van der Waals surface area contributed by atoms with Crippen molar-refractivity contribution in [2.45, 2.75) is 25.8 Å². The van der Waals surface area contributed by atoms with Gasteiger partial charge in [0.1, 0.15) is 5.75 Å². The smallest absolute Gasteiger partial charge is 0.151 e. The lowest BCUT2D eigenvalue weighted by molar-refractivity contribution is 0.163. The minimum atomic E-state index is 0.0460. The summed E-state index contributed by atoms with van der Waals surface area (Å²) in [5.74, 6) is 1.13. The normalized spacial score (nSPS) is 23.4. The summed E-state index contributed by atoms with van der Waals surface area (Å²) in [4.78, 5) is 2.27. The minimum Gasteiger partial charge on any atom is -0.507 e. The molecule has 1 unspecified atom stereocenters. The molecule has 2 N–H and O–H groups in total. The third-order valence-corrected chi connectivity index (χ3v) is 5.17. The number of nitrogens with zero attached hydrogens (tertiary/aromatic N) is 3. The van der Waals surface area contributed by atoms with Crippen molar-refractivity contribution in [3.05, 3.63) is 35.4 Å². The molecule has 6 nitrogen and oxygen atoms in total. The van der Waals surface area contributed by atoms with Gasteiger partial charge in [-0.25, -0.2) is 0 Å². The maximum Gasteiger partial charge on any atom is 0.151 e. The summed E-state index contributed by atoms with van der Waals surface area (Å²) in [6, 6.07) is 7.75. The van der Waals surface area contributed by atoms with E-state index in [1.807, 2.05) is 32.0 Å². The zero-order chi connectivity index (χ0) is 17.4. The van der Waals surface area contributed by atoms with Crippen molar-refractivity contribution in [1.82, 2.24) is 15.5 Å². The quantitative estimate of drug-likeness (QED) is 0.872. The van der Waals surface area contributed by atoms with Gasteiger partial charge in [-0.1, -0.05) is 6.07 Å². The molecule has 1 atom stereocenters. The van der Waals surface area contributed by atoms with Crippen LogP contribution in [0.15, 0.2) is 24.3 Å². The lowest BCUT2D eigenvalue weighted by atomic mass is 9.95. The van der Waals surface area contributed by atoms with E-state index in [9.17, 15) is 5.11 Å². The monoisotopic (exact) mass is 340 g/mol. The highest BCUT2D eigenvalue weighted by atomic mass is 16.5. The van der Waals surface area contributed by atoms with Crippen LogP contribution in [0.1, 0.15) is 17.5 Å². The van der Waals surface area contributed by atoms with Gasteiger partial charge in [-0.2, -0.15) is 0 Å². The van der Waals surface area contributed by atoms with Crippen molar-refractivity contribution in [2.24, 2.45) is 0 Å². The van der Waals surface area contributed by atoms with Gasteiger partial charge < -0.3 is 20.1 Å². The second kappa shape index (κ2) is 6.28. The molecule has 0 amide bonds. The summed E-state index contributed by atoms with van der Waals surface area (Å²) >= 11 is 0. The number of ether oxygens (including phenoxy) is 1. The van der Waals surface area contributed by atoms with Crippen molar-refractivity contribution in [1.29, 1.82) is 0 Å². The Morgan fingerprint density at radius 1 is 1.24 bits per heavy atom. The van der Waals surface area contributed by atoms with E-state index in [2.05, 4.69) is 20.4 Å². The van der Waals surface area contributed by atoms with Crippen LogP contribution in [0.3, 0.4) is 0 Å². The molecule has 2 fully saturated rings. The first kappa shape index (κ1) is 16.3. The second-order valence-electron chi connectivity index (χ2n) is 7.18. The van der Waals surface area contributed by atoms with Crippen LogP contribution in [0.2, 0.25) is 0 Å². The molecule has 3 heterocycles. The minimum absolute atomic E-state index is 0.0460. The number of nitrogens with one attached hydrogen (secondary N) is 1. The first-order valence-electron chi connectivity index (χ1n) is 8.78. The van der Waals surface area contributed by atoms with Crippen molar-refractivity contribution in [3.8, 4) is 17.0 Å². The third-order valence-electron chi connectivity index (χ3n) is 5.17. The molecule has 1 aromatic heterocycles. The molecular formula is C19H24N4O2. The summed E-state index contributed by atoms with van der Waals surface area (Å²) in [5, 5.41) is 22.7. The predicted octanol–water partition coefficient (Wildman–Crippen LogP) is 2.03. The number of rotatable bonds is 2. The third kappa shape index (κ3) is 3.07. The molecule has 2 aliphatic rings. The Balaban J connectivity index is 1.58. The molecule has 2 saturated heterocycles. The van der Waals surface area contributed by atoms with E-state index >= 15 is 0 Å². The van der Waals surface area contributed by atoms with E-state index < -0.39 is 0 Å². The molecule has 0 radical (unpaired) electrons. The van der Waals surface area contributed by atoms with Crippen LogP contribution in [0.5, 0.6) is 5.75 Å². The number of benzene rings is 1. The summed E-state index contributed by atoms with van der Waals surface area (Å²) in [7, 11) is 0. The van der Waals surface area contributed by atoms with E-state index in [0.29, 0.717) is 5.69 Å². The van der Waals surface area contributed by atoms with Crippen molar-refractivity contribution in [2.75, 3.05) is 37.7 Å². The van der Waals surface area contributed by atoms with E-state index in [1.54, 1.807) is 6.07 Å². The van der Waals surface area contributed by atoms with Crippen LogP contribution >= 0.6 is 0 Å². The zero-order valence-electron chi connectivity index (χ0n) is 14.7. The predicted molar refractivity (Wildman–Crippen MR) is 97.0 cm³/mol. The highest BCUT2D eigenvalue weighted by molar-refractivity contribution is 5.71. The first-order valence-corrected chi connectivity index (χ1v) is 8.78. The van der Waals surface area contributed by atoms with Crippen LogP contribution in [-0.4, -0.2) is 53.7 Å². The summed E-state index contributed by atoms with van der Waals surface area (Å²) in [6.45, 7) is 8.24. The van der Waals surface area contributed by atoms with Crippen LogP contribution in [0.25, 0.3) is 11.3 Å². The number of aryl methyl sites for hydroxylation is 2. The molecule has 2 aliphatic heterocycles. The summed E-state index contributed by atoms with van der Waals surface area (Å²) < 4.78 is 5.58. The van der Waals surface area contributed by atoms with Crippen LogP contribution in [-0.2, 0) is 4.74 Å². The van der Waals surface area contributed by atoms with Crippen molar-refractivity contribution in [3.63, 3.8) is 0 Å². The fourth-order valence-corrected chi connectivity index (χ4v) is 3.93. The topological polar surface area (TPSA) is 70.5 Å². The highest BCUT2D eigenvalue weighted by Gasteiger charge is 2.39. The second-order valence-corrected chi connectivity index (χ2v) is 7.18. The fourth-order valence-electron chi connectivity index (χ4n) is 3.93. The molecular weight excluding hydrogens is 316 g/mol. The van der Waals surface area contributed by atoms with Gasteiger partial charge in [0.15, 0.2) is 5.82 Å². The Kier molecular flexibility index (Phi) is 4.09. The van der Waals surface area contributed by atoms with E-state index in [-0.39, 0.29) is 11.3 Å². The Labute approximate surface area is 147 Å².